The molecular weight excluding hydrogens is 327 g/mol. The maximum atomic E-state index is 13.5. The van der Waals surface area contributed by atoms with E-state index in [9.17, 15) is 14.3 Å². The first-order chi connectivity index (χ1) is 12.2. The molecule has 136 valence electrons. The van der Waals surface area contributed by atoms with Crippen LogP contribution in [0.5, 0.6) is 0 Å². The predicted molar refractivity (Wildman–Crippen MR) is 103 cm³/mol. The molecule has 1 aliphatic rings. The minimum Gasteiger partial charge on any atom is -0.481 e. The summed E-state index contributed by atoms with van der Waals surface area (Å²) in [5, 5.41) is 10.0. The van der Waals surface area contributed by atoms with Gasteiger partial charge in [-0.05, 0) is 54.0 Å². The van der Waals surface area contributed by atoms with Crippen LogP contribution < -0.4 is 0 Å². The lowest BCUT2D eigenvalue weighted by Gasteiger charge is -2.19. The van der Waals surface area contributed by atoms with E-state index in [-0.39, 0.29) is 11.7 Å². The summed E-state index contributed by atoms with van der Waals surface area (Å²) >= 11 is 0. The van der Waals surface area contributed by atoms with Crippen LogP contribution in [-0.4, -0.2) is 11.1 Å². The van der Waals surface area contributed by atoms with E-state index in [1.54, 1.807) is 0 Å². The molecule has 2 unspecified atom stereocenters. The second-order valence-electron chi connectivity index (χ2n) is 7.86. The molecule has 0 aliphatic heterocycles. The van der Waals surface area contributed by atoms with Gasteiger partial charge in [-0.25, -0.2) is 4.39 Å². The molecule has 0 saturated heterocycles. The Bertz CT molecular complexity index is 863. The molecule has 26 heavy (non-hydrogen) atoms. The number of carboxylic acid groups (broad SMARTS) is 1. The van der Waals surface area contributed by atoms with Crippen molar-refractivity contribution in [3.8, 4) is 11.1 Å². The monoisotopic (exact) mass is 352 g/mol. The summed E-state index contributed by atoms with van der Waals surface area (Å²) in [7, 11) is 0. The van der Waals surface area contributed by atoms with E-state index >= 15 is 0 Å². The van der Waals surface area contributed by atoms with E-state index in [0.29, 0.717) is 6.42 Å². The first kappa shape index (κ1) is 18.4. The fourth-order valence-electron chi connectivity index (χ4n) is 4.40. The Morgan fingerprint density at radius 2 is 1.81 bits per heavy atom. The summed E-state index contributed by atoms with van der Waals surface area (Å²) in [4.78, 5) is 12.2. The average molecular weight is 352 g/mol. The molecule has 2 nitrogen and oxygen atoms in total. The second kappa shape index (κ2) is 6.39. The molecule has 2 atom stereocenters. The van der Waals surface area contributed by atoms with E-state index < -0.39 is 16.8 Å². The Kier molecular flexibility index (Phi) is 4.51. The molecule has 1 saturated carbocycles. The number of benzene rings is 2. The molecule has 0 aromatic heterocycles. The lowest BCUT2D eigenvalue weighted by molar-refractivity contribution is -0.145. The van der Waals surface area contributed by atoms with Crippen molar-refractivity contribution in [1.29, 1.82) is 0 Å². The summed E-state index contributed by atoms with van der Waals surface area (Å²) in [6.07, 6.45) is 1.88. The number of hydrogen-bond acceptors (Lipinski definition) is 1. The van der Waals surface area contributed by atoms with Gasteiger partial charge in [0.2, 0.25) is 0 Å². The van der Waals surface area contributed by atoms with Crippen LogP contribution in [0.4, 0.5) is 4.39 Å². The molecule has 3 rings (SSSR count). The van der Waals surface area contributed by atoms with E-state index in [1.165, 1.54) is 13.0 Å². The lowest BCUT2D eigenvalue weighted by atomic mass is 9.85. The van der Waals surface area contributed by atoms with Gasteiger partial charge in [0.1, 0.15) is 0 Å². The summed E-state index contributed by atoms with van der Waals surface area (Å²) in [5.74, 6) is -1.48. The minimum absolute atomic E-state index is 0.308. The Balaban J connectivity index is 2.03. The van der Waals surface area contributed by atoms with Gasteiger partial charge in [-0.3, -0.25) is 4.79 Å². The highest BCUT2D eigenvalue weighted by Crippen LogP contribution is 2.71. The highest BCUT2D eigenvalue weighted by Gasteiger charge is 2.74. The van der Waals surface area contributed by atoms with Crippen molar-refractivity contribution < 1.29 is 14.3 Å². The average Bonchev–Trinajstić information content (AvgIpc) is 3.05. The smallest absolute Gasteiger partial charge is 0.311 e. The van der Waals surface area contributed by atoms with Crippen LogP contribution in [0.3, 0.4) is 0 Å². The Hall–Kier alpha value is -2.42. The number of allylic oxidation sites excluding steroid dienone is 2. The van der Waals surface area contributed by atoms with Crippen molar-refractivity contribution in [2.75, 3.05) is 0 Å². The van der Waals surface area contributed by atoms with Crippen molar-refractivity contribution in [2.24, 2.45) is 16.7 Å². The van der Waals surface area contributed by atoms with Gasteiger partial charge in [0.05, 0.1) is 11.2 Å². The van der Waals surface area contributed by atoms with Crippen LogP contribution in [-0.2, 0) is 11.2 Å². The predicted octanol–water partition coefficient (Wildman–Crippen LogP) is 5.80. The second-order valence-corrected chi connectivity index (χ2v) is 7.86. The van der Waals surface area contributed by atoms with Crippen LogP contribution >= 0.6 is 0 Å². The van der Waals surface area contributed by atoms with Crippen LogP contribution in [0, 0.1) is 23.7 Å². The molecule has 2 aromatic carbocycles. The largest absolute Gasteiger partial charge is 0.481 e. The van der Waals surface area contributed by atoms with Gasteiger partial charge in [-0.1, -0.05) is 62.4 Å². The van der Waals surface area contributed by atoms with Gasteiger partial charge in [0, 0.05) is 5.92 Å². The third kappa shape index (κ3) is 2.76. The van der Waals surface area contributed by atoms with Crippen molar-refractivity contribution in [2.45, 2.75) is 34.1 Å². The van der Waals surface area contributed by atoms with Crippen LogP contribution in [0.25, 0.3) is 11.1 Å². The summed E-state index contributed by atoms with van der Waals surface area (Å²) in [6, 6.07) is 16.1. The summed E-state index contributed by atoms with van der Waals surface area (Å²) in [6.45, 7) is 7.25. The first-order valence-corrected chi connectivity index (χ1v) is 8.93. The summed E-state index contributed by atoms with van der Waals surface area (Å²) < 4.78 is 13.5. The van der Waals surface area contributed by atoms with E-state index in [2.05, 4.69) is 18.2 Å². The molecule has 0 bridgehead atoms. The standard InChI is InChI=1S/C23H25FO2/c1-15(24)13-20-22(3,4)23(20,21(25)26)14-18-11-8-12-19(16(18)2)17-9-6-5-7-10-17/h5-13,20H,14H2,1-4H3,(H,25,26). The number of aliphatic carboxylic acids is 1. The molecule has 1 fully saturated rings. The van der Waals surface area contributed by atoms with E-state index in [1.807, 2.05) is 51.1 Å². The fourth-order valence-corrected chi connectivity index (χ4v) is 4.40. The fraction of sp³-hybridized carbons (Fsp3) is 0.348. The normalized spacial score (nSPS) is 24.3. The molecule has 0 amide bonds. The van der Waals surface area contributed by atoms with Crippen LogP contribution in [0.2, 0.25) is 0 Å². The molecule has 1 N–H and O–H groups in total. The third-order valence-electron chi connectivity index (χ3n) is 6.15. The quantitative estimate of drug-likeness (QED) is 0.738. The Morgan fingerprint density at radius 3 is 2.38 bits per heavy atom. The lowest BCUT2D eigenvalue weighted by Crippen LogP contribution is -2.24. The van der Waals surface area contributed by atoms with E-state index in [0.717, 1.165) is 22.3 Å². The van der Waals surface area contributed by atoms with Crippen molar-refractivity contribution >= 4 is 5.97 Å². The van der Waals surface area contributed by atoms with E-state index in [4.69, 9.17) is 0 Å². The number of rotatable bonds is 5. The molecule has 0 radical (unpaired) electrons. The van der Waals surface area contributed by atoms with Gasteiger partial charge < -0.3 is 5.11 Å². The molecular formula is C23H25FO2. The SMILES string of the molecule is CC(F)=CC1C(C)(C)C1(Cc1cccc(-c2ccccc2)c1C)C(=O)O. The number of carbonyl (C=O) groups is 1. The molecule has 0 spiro atoms. The summed E-state index contributed by atoms with van der Waals surface area (Å²) in [5.41, 5.74) is 2.86. The van der Waals surface area contributed by atoms with Crippen molar-refractivity contribution in [3.05, 3.63) is 71.6 Å². The maximum absolute atomic E-state index is 13.5. The van der Waals surface area contributed by atoms with Gasteiger partial charge in [-0.15, -0.1) is 0 Å². The highest BCUT2D eigenvalue weighted by atomic mass is 19.1. The molecule has 2 aromatic rings. The minimum atomic E-state index is -0.972. The topological polar surface area (TPSA) is 37.3 Å². The maximum Gasteiger partial charge on any atom is 0.311 e. The zero-order chi connectivity index (χ0) is 19.1. The van der Waals surface area contributed by atoms with Gasteiger partial charge in [-0.2, -0.15) is 0 Å². The Labute approximate surface area is 154 Å². The Morgan fingerprint density at radius 1 is 1.15 bits per heavy atom. The van der Waals surface area contributed by atoms with Crippen LogP contribution in [0.15, 0.2) is 60.4 Å². The van der Waals surface area contributed by atoms with Crippen LogP contribution in [0.1, 0.15) is 31.9 Å². The zero-order valence-corrected chi connectivity index (χ0v) is 15.7. The van der Waals surface area contributed by atoms with Crippen molar-refractivity contribution in [1.82, 2.24) is 0 Å². The number of halogens is 1. The number of carboxylic acids is 1. The zero-order valence-electron chi connectivity index (χ0n) is 15.7. The first-order valence-electron chi connectivity index (χ1n) is 8.93. The van der Waals surface area contributed by atoms with Gasteiger partial charge >= 0.3 is 5.97 Å². The third-order valence-corrected chi connectivity index (χ3v) is 6.15. The number of hydrogen-bond donors (Lipinski definition) is 1. The molecule has 3 heteroatoms. The van der Waals surface area contributed by atoms with Gasteiger partial charge in [0.25, 0.3) is 0 Å². The molecule has 0 heterocycles. The van der Waals surface area contributed by atoms with Gasteiger partial charge in [0.15, 0.2) is 0 Å². The van der Waals surface area contributed by atoms with Crippen molar-refractivity contribution in [3.63, 3.8) is 0 Å². The molecule has 1 aliphatic carbocycles. The highest BCUT2D eigenvalue weighted by molar-refractivity contribution is 5.82.